The van der Waals surface area contributed by atoms with Gasteiger partial charge in [0.15, 0.2) is 0 Å². The molecule has 2 rings (SSSR count). The molecule has 0 saturated heterocycles. The smallest absolute Gasteiger partial charge is 0.308 e. The van der Waals surface area contributed by atoms with Crippen molar-refractivity contribution >= 4 is 18.0 Å². The Kier molecular flexibility index (Phi) is 5.90. The van der Waals surface area contributed by atoms with Crippen molar-refractivity contribution in [1.82, 2.24) is 0 Å². The van der Waals surface area contributed by atoms with Gasteiger partial charge in [0.25, 0.3) is 0 Å². The highest BCUT2D eigenvalue weighted by Gasteiger charge is 2.17. The van der Waals surface area contributed by atoms with Gasteiger partial charge in [0.1, 0.15) is 11.9 Å². The maximum absolute atomic E-state index is 11.5. The van der Waals surface area contributed by atoms with Gasteiger partial charge in [-0.25, -0.2) is 0 Å². The van der Waals surface area contributed by atoms with Crippen LogP contribution in [0.15, 0.2) is 54.6 Å². The average Bonchev–Trinajstić information content (AvgIpc) is 2.51. The summed E-state index contributed by atoms with van der Waals surface area (Å²) in [7, 11) is 0. The molecule has 4 nitrogen and oxygen atoms in total. The van der Waals surface area contributed by atoms with Crippen LogP contribution in [0, 0.1) is 6.92 Å². The Bertz CT molecular complexity index is 762. The first-order valence-corrected chi connectivity index (χ1v) is 7.65. The summed E-state index contributed by atoms with van der Waals surface area (Å²) in [5.74, 6) is -0.455. The zero-order valence-electron chi connectivity index (χ0n) is 14.0. The van der Waals surface area contributed by atoms with Crippen molar-refractivity contribution in [3.05, 3.63) is 71.3 Å². The predicted octanol–water partition coefficient (Wildman–Crippen LogP) is 4.24. The van der Waals surface area contributed by atoms with Gasteiger partial charge in [-0.1, -0.05) is 54.1 Å². The molecule has 0 aliphatic rings. The Balaban J connectivity index is 2.35. The molecule has 0 amide bonds. The number of rotatable bonds is 5. The largest absolute Gasteiger partial charge is 0.453 e. The first-order valence-electron chi connectivity index (χ1n) is 7.65. The molecule has 0 heterocycles. The zero-order valence-corrected chi connectivity index (χ0v) is 14.0. The minimum atomic E-state index is -0.640. The van der Waals surface area contributed by atoms with Gasteiger partial charge in [0.2, 0.25) is 0 Å². The molecule has 0 spiro atoms. The van der Waals surface area contributed by atoms with Crippen LogP contribution in [0.25, 0.3) is 6.08 Å². The van der Waals surface area contributed by atoms with E-state index < -0.39 is 18.0 Å². The molecule has 0 saturated carbocycles. The number of hydrogen-bond donors (Lipinski definition) is 0. The molecule has 0 N–H and O–H groups in total. The summed E-state index contributed by atoms with van der Waals surface area (Å²) >= 11 is 0. The van der Waals surface area contributed by atoms with Crippen LogP contribution in [0.5, 0.6) is 5.75 Å². The molecule has 0 bridgehead atoms. The molecule has 0 aromatic heterocycles. The molecular formula is C20H20O4. The molecule has 4 heteroatoms. The monoisotopic (exact) mass is 324 g/mol. The number of ether oxygens (including phenoxy) is 2. The van der Waals surface area contributed by atoms with Crippen molar-refractivity contribution < 1.29 is 19.1 Å². The van der Waals surface area contributed by atoms with Crippen LogP contribution in [0.3, 0.4) is 0 Å². The Labute approximate surface area is 141 Å². The first kappa shape index (κ1) is 17.5. The normalized spacial score (nSPS) is 12.0. The van der Waals surface area contributed by atoms with Crippen molar-refractivity contribution in [2.24, 2.45) is 0 Å². The number of carbonyl (C=O) groups excluding carboxylic acids is 2. The van der Waals surface area contributed by atoms with Crippen LogP contribution in [0.1, 0.15) is 36.6 Å². The third-order valence-electron chi connectivity index (χ3n) is 3.28. The van der Waals surface area contributed by atoms with E-state index in [-0.39, 0.29) is 0 Å². The van der Waals surface area contributed by atoms with Crippen LogP contribution < -0.4 is 4.74 Å². The summed E-state index contributed by atoms with van der Waals surface area (Å²) in [5.41, 5.74) is 2.76. The van der Waals surface area contributed by atoms with Gasteiger partial charge in [-0.15, -0.1) is 0 Å². The van der Waals surface area contributed by atoms with E-state index in [0.29, 0.717) is 11.3 Å². The number of hydrogen-bond acceptors (Lipinski definition) is 4. The third-order valence-corrected chi connectivity index (χ3v) is 3.28. The molecular weight excluding hydrogens is 304 g/mol. The van der Waals surface area contributed by atoms with E-state index >= 15 is 0 Å². The predicted molar refractivity (Wildman–Crippen MR) is 92.5 cm³/mol. The van der Waals surface area contributed by atoms with Crippen LogP contribution in [-0.2, 0) is 14.3 Å². The quantitative estimate of drug-likeness (QED) is 0.610. The van der Waals surface area contributed by atoms with Crippen molar-refractivity contribution in [3.63, 3.8) is 0 Å². The zero-order chi connectivity index (χ0) is 17.5. The van der Waals surface area contributed by atoms with Gasteiger partial charge in [-0.05, 0) is 24.6 Å². The molecule has 124 valence electrons. The van der Waals surface area contributed by atoms with Crippen LogP contribution in [-0.4, -0.2) is 11.9 Å². The van der Waals surface area contributed by atoms with E-state index in [1.807, 2.05) is 37.3 Å². The van der Waals surface area contributed by atoms with Gasteiger partial charge in [0.05, 0.1) is 0 Å². The second-order valence-corrected chi connectivity index (χ2v) is 5.43. The molecule has 0 fully saturated rings. The van der Waals surface area contributed by atoms with Crippen LogP contribution in [0.2, 0.25) is 0 Å². The molecule has 0 aliphatic heterocycles. The summed E-state index contributed by atoms with van der Waals surface area (Å²) in [6, 6.07) is 15.0. The van der Waals surface area contributed by atoms with Gasteiger partial charge >= 0.3 is 11.9 Å². The molecule has 0 radical (unpaired) electrons. The lowest BCUT2D eigenvalue weighted by atomic mass is 10.1. The number of benzene rings is 2. The highest BCUT2D eigenvalue weighted by molar-refractivity contribution is 5.70. The van der Waals surface area contributed by atoms with Gasteiger partial charge in [0, 0.05) is 19.4 Å². The van der Waals surface area contributed by atoms with E-state index in [0.717, 1.165) is 11.1 Å². The standard InChI is InChI=1S/C20H20O4/c1-14-7-6-8-17(13-14)11-12-20(24-16(3)22)18-9-4-5-10-19(18)23-15(2)21/h4-13,20H,1-3H3/b12-11+. The topological polar surface area (TPSA) is 52.6 Å². The average molecular weight is 324 g/mol. The minimum Gasteiger partial charge on any atom is -0.453 e. The lowest BCUT2D eigenvalue weighted by Gasteiger charge is -2.16. The Morgan fingerprint density at radius 1 is 1.00 bits per heavy atom. The first-order chi connectivity index (χ1) is 11.5. The minimum absolute atomic E-state index is 0.380. The molecule has 1 atom stereocenters. The molecule has 2 aromatic carbocycles. The maximum atomic E-state index is 11.5. The van der Waals surface area contributed by atoms with Gasteiger partial charge < -0.3 is 9.47 Å². The third kappa shape index (κ3) is 5.09. The number of para-hydroxylation sites is 1. The SMILES string of the molecule is CC(=O)Oc1ccccc1C(/C=C/c1cccc(C)c1)OC(C)=O. The molecule has 2 aromatic rings. The number of aryl methyl sites for hydroxylation is 1. The van der Waals surface area contributed by atoms with Crippen LogP contribution in [0.4, 0.5) is 0 Å². The second-order valence-electron chi connectivity index (χ2n) is 5.43. The fourth-order valence-corrected chi connectivity index (χ4v) is 2.32. The van der Waals surface area contributed by atoms with Crippen molar-refractivity contribution in [2.75, 3.05) is 0 Å². The molecule has 24 heavy (non-hydrogen) atoms. The molecule has 0 aliphatic carbocycles. The maximum Gasteiger partial charge on any atom is 0.308 e. The Morgan fingerprint density at radius 3 is 2.42 bits per heavy atom. The Morgan fingerprint density at radius 2 is 1.75 bits per heavy atom. The van der Waals surface area contributed by atoms with E-state index in [4.69, 9.17) is 9.47 Å². The summed E-state index contributed by atoms with van der Waals surface area (Å²) < 4.78 is 10.6. The van der Waals surface area contributed by atoms with Crippen molar-refractivity contribution in [3.8, 4) is 5.75 Å². The van der Waals surface area contributed by atoms with Gasteiger partial charge in [-0.2, -0.15) is 0 Å². The summed E-state index contributed by atoms with van der Waals surface area (Å²) in [4.78, 5) is 22.7. The lowest BCUT2D eigenvalue weighted by molar-refractivity contribution is -0.144. The second kappa shape index (κ2) is 8.11. The summed E-state index contributed by atoms with van der Waals surface area (Å²) in [6.07, 6.45) is 3.02. The summed E-state index contributed by atoms with van der Waals surface area (Å²) in [6.45, 7) is 4.69. The van der Waals surface area contributed by atoms with E-state index in [1.54, 1.807) is 30.3 Å². The number of carbonyl (C=O) groups is 2. The van der Waals surface area contributed by atoms with Crippen molar-refractivity contribution in [1.29, 1.82) is 0 Å². The fraction of sp³-hybridized carbons (Fsp3) is 0.200. The van der Waals surface area contributed by atoms with E-state index in [2.05, 4.69) is 0 Å². The highest BCUT2D eigenvalue weighted by Crippen LogP contribution is 2.29. The van der Waals surface area contributed by atoms with Crippen LogP contribution >= 0.6 is 0 Å². The number of esters is 2. The van der Waals surface area contributed by atoms with Crippen molar-refractivity contribution in [2.45, 2.75) is 26.9 Å². The highest BCUT2D eigenvalue weighted by atomic mass is 16.6. The van der Waals surface area contributed by atoms with E-state index in [9.17, 15) is 9.59 Å². The van der Waals surface area contributed by atoms with Gasteiger partial charge in [-0.3, -0.25) is 9.59 Å². The summed E-state index contributed by atoms with van der Waals surface area (Å²) in [5, 5.41) is 0. The fourth-order valence-electron chi connectivity index (χ4n) is 2.32. The Hall–Kier alpha value is -2.88. The molecule has 1 unspecified atom stereocenters. The lowest BCUT2D eigenvalue weighted by Crippen LogP contribution is -2.10. The van der Waals surface area contributed by atoms with E-state index in [1.165, 1.54) is 13.8 Å².